The van der Waals surface area contributed by atoms with Crippen molar-refractivity contribution in [3.63, 3.8) is 0 Å². The lowest BCUT2D eigenvalue weighted by molar-refractivity contribution is -0.136. The topological polar surface area (TPSA) is 130 Å². The number of likely N-dealkylation sites (N-methyl/N-ethyl adjacent to an activating group) is 1. The van der Waals surface area contributed by atoms with Crippen LogP contribution in [0.15, 0.2) is 0 Å². The Hall–Kier alpha value is -2.12. The van der Waals surface area contributed by atoms with Gasteiger partial charge < -0.3 is 21.7 Å². The van der Waals surface area contributed by atoms with Crippen LogP contribution in [0.1, 0.15) is 27.2 Å². The van der Waals surface area contributed by atoms with Crippen molar-refractivity contribution in [1.29, 1.82) is 0 Å². The minimum atomic E-state index is -1.45. The van der Waals surface area contributed by atoms with Crippen molar-refractivity contribution in [2.45, 2.75) is 38.8 Å². The highest BCUT2D eigenvalue weighted by Gasteiger charge is 2.37. The number of hydrogen-bond acceptors (Lipinski definition) is 4. The second-order valence-corrected chi connectivity index (χ2v) is 4.47. The summed E-state index contributed by atoms with van der Waals surface area (Å²) in [6.07, 6.45) is -0.342. The van der Waals surface area contributed by atoms with E-state index in [2.05, 4.69) is 16.0 Å². The number of nitrogens with one attached hydrogen (secondary N) is 3. The first-order valence-electron chi connectivity index (χ1n) is 5.72. The smallest absolute Gasteiger partial charge is 0.245 e. The summed E-state index contributed by atoms with van der Waals surface area (Å²) in [6.45, 7) is 4.12. The van der Waals surface area contributed by atoms with Gasteiger partial charge in [-0.05, 0) is 13.8 Å². The first kappa shape index (κ1) is 16.9. The minimum Gasteiger partial charge on any atom is -0.370 e. The van der Waals surface area contributed by atoms with Gasteiger partial charge in [-0.1, -0.05) is 0 Å². The normalized spacial score (nSPS) is 14.7. The van der Waals surface area contributed by atoms with E-state index in [1.807, 2.05) is 0 Å². The number of nitrogens with two attached hydrogens (primary N) is 1. The summed E-state index contributed by atoms with van der Waals surface area (Å²) in [7, 11) is 1.38. The molecule has 0 radical (unpaired) electrons. The van der Waals surface area contributed by atoms with Crippen LogP contribution in [0.3, 0.4) is 0 Å². The van der Waals surface area contributed by atoms with Crippen molar-refractivity contribution in [1.82, 2.24) is 16.0 Å². The summed E-state index contributed by atoms with van der Waals surface area (Å²) in [5, 5.41) is 7.14. The van der Waals surface area contributed by atoms with E-state index < -0.39 is 29.3 Å². The van der Waals surface area contributed by atoms with Gasteiger partial charge in [0.1, 0.15) is 11.6 Å². The lowest BCUT2D eigenvalue weighted by Crippen LogP contribution is -2.60. The fourth-order valence-corrected chi connectivity index (χ4v) is 1.56. The molecule has 108 valence electrons. The molecule has 0 bridgehead atoms. The summed E-state index contributed by atoms with van der Waals surface area (Å²) in [4.78, 5) is 45.4. The molecule has 0 aliphatic rings. The standard InChI is InChI=1S/C11H20N4O4/c1-6(14-7(2)16)9(18)15-11(3,5-8(12)17)10(19)13-4/h6H,5H2,1-4H3,(H2,12,17)(H,13,19)(H,14,16)(H,15,18)/t6-,11-/m0/s1. The van der Waals surface area contributed by atoms with Crippen LogP contribution in [0.5, 0.6) is 0 Å². The summed E-state index contributed by atoms with van der Waals surface area (Å²) in [5.41, 5.74) is 3.61. The molecule has 19 heavy (non-hydrogen) atoms. The molecule has 0 rings (SSSR count). The van der Waals surface area contributed by atoms with Gasteiger partial charge in [0, 0.05) is 14.0 Å². The molecule has 0 unspecified atom stereocenters. The summed E-state index contributed by atoms with van der Waals surface area (Å²) in [5.74, 6) is -2.23. The van der Waals surface area contributed by atoms with Crippen LogP contribution in [0, 0.1) is 0 Å². The van der Waals surface area contributed by atoms with Crippen LogP contribution in [0.4, 0.5) is 0 Å². The molecule has 8 heteroatoms. The van der Waals surface area contributed by atoms with Crippen molar-refractivity contribution < 1.29 is 19.2 Å². The zero-order valence-electron chi connectivity index (χ0n) is 11.5. The molecule has 0 heterocycles. The average Bonchev–Trinajstić information content (AvgIpc) is 2.25. The molecule has 0 aliphatic heterocycles. The molecule has 5 N–H and O–H groups in total. The number of carbonyl (C=O) groups excluding carboxylic acids is 4. The molecule has 0 fully saturated rings. The number of rotatable bonds is 6. The van der Waals surface area contributed by atoms with E-state index in [0.717, 1.165) is 0 Å². The fourth-order valence-electron chi connectivity index (χ4n) is 1.56. The second-order valence-electron chi connectivity index (χ2n) is 4.47. The lowest BCUT2D eigenvalue weighted by atomic mass is 9.95. The summed E-state index contributed by atoms with van der Waals surface area (Å²) in [6, 6.07) is -0.825. The van der Waals surface area contributed by atoms with Gasteiger partial charge in [0.25, 0.3) is 0 Å². The molecule has 0 saturated heterocycles. The highest BCUT2D eigenvalue weighted by molar-refractivity contribution is 5.96. The first-order valence-corrected chi connectivity index (χ1v) is 5.72. The van der Waals surface area contributed by atoms with Crippen LogP contribution in [0.2, 0.25) is 0 Å². The maximum absolute atomic E-state index is 11.8. The molecule has 4 amide bonds. The SMILES string of the molecule is CNC(=O)[C@](C)(CC(N)=O)NC(=O)[C@H](C)NC(C)=O. The molecule has 0 aromatic carbocycles. The third-order valence-corrected chi connectivity index (χ3v) is 2.47. The number of carbonyl (C=O) groups is 4. The average molecular weight is 272 g/mol. The second kappa shape index (κ2) is 6.72. The van der Waals surface area contributed by atoms with Gasteiger partial charge in [0.15, 0.2) is 0 Å². The van der Waals surface area contributed by atoms with Gasteiger partial charge in [-0.3, -0.25) is 19.2 Å². The van der Waals surface area contributed by atoms with Gasteiger partial charge in [-0.15, -0.1) is 0 Å². The van der Waals surface area contributed by atoms with Gasteiger partial charge >= 0.3 is 0 Å². The quantitative estimate of drug-likeness (QED) is 0.445. The minimum absolute atomic E-state index is 0.342. The Kier molecular flexibility index (Phi) is 5.97. The molecule has 0 spiro atoms. The highest BCUT2D eigenvalue weighted by Crippen LogP contribution is 2.10. The van der Waals surface area contributed by atoms with Crippen LogP contribution in [0.25, 0.3) is 0 Å². The predicted molar refractivity (Wildman–Crippen MR) is 67.7 cm³/mol. The van der Waals surface area contributed by atoms with Crippen molar-refractivity contribution >= 4 is 23.6 Å². The van der Waals surface area contributed by atoms with Crippen LogP contribution in [-0.4, -0.2) is 42.3 Å². The van der Waals surface area contributed by atoms with E-state index in [1.165, 1.54) is 27.8 Å². The van der Waals surface area contributed by atoms with E-state index in [1.54, 1.807) is 0 Å². The third kappa shape index (κ3) is 5.36. The Balaban J connectivity index is 4.92. The summed E-state index contributed by atoms with van der Waals surface area (Å²) >= 11 is 0. The van der Waals surface area contributed by atoms with Gasteiger partial charge in [-0.2, -0.15) is 0 Å². The van der Waals surface area contributed by atoms with E-state index in [-0.39, 0.29) is 12.3 Å². The Labute approximate surface area is 111 Å². The Bertz CT molecular complexity index is 396. The molecule has 0 aromatic rings. The monoisotopic (exact) mass is 272 g/mol. The molecular formula is C11H20N4O4. The molecule has 0 aliphatic carbocycles. The number of hydrogen-bond donors (Lipinski definition) is 4. The van der Waals surface area contributed by atoms with Gasteiger partial charge in [0.2, 0.25) is 23.6 Å². The van der Waals surface area contributed by atoms with E-state index >= 15 is 0 Å². The van der Waals surface area contributed by atoms with Crippen LogP contribution >= 0.6 is 0 Å². The van der Waals surface area contributed by atoms with Crippen LogP contribution < -0.4 is 21.7 Å². The molecule has 0 saturated carbocycles. The third-order valence-electron chi connectivity index (χ3n) is 2.47. The van der Waals surface area contributed by atoms with Gasteiger partial charge in [0.05, 0.1) is 6.42 Å². The van der Waals surface area contributed by atoms with E-state index in [4.69, 9.17) is 5.73 Å². The fraction of sp³-hybridized carbons (Fsp3) is 0.636. The molecule has 0 aromatic heterocycles. The van der Waals surface area contributed by atoms with E-state index in [9.17, 15) is 19.2 Å². The van der Waals surface area contributed by atoms with Crippen molar-refractivity contribution in [3.8, 4) is 0 Å². The Morgan fingerprint density at radius 2 is 1.79 bits per heavy atom. The Morgan fingerprint density at radius 1 is 1.26 bits per heavy atom. The number of amides is 4. The molecular weight excluding hydrogens is 252 g/mol. The largest absolute Gasteiger partial charge is 0.370 e. The Morgan fingerprint density at radius 3 is 2.16 bits per heavy atom. The predicted octanol–water partition coefficient (Wildman–Crippen LogP) is -1.99. The zero-order valence-corrected chi connectivity index (χ0v) is 11.5. The molecule has 2 atom stereocenters. The van der Waals surface area contributed by atoms with Crippen molar-refractivity contribution in [2.75, 3.05) is 7.05 Å². The lowest BCUT2D eigenvalue weighted by Gasteiger charge is -2.29. The first-order chi connectivity index (χ1) is 8.62. The van der Waals surface area contributed by atoms with Crippen LogP contribution in [-0.2, 0) is 19.2 Å². The maximum atomic E-state index is 11.8. The maximum Gasteiger partial charge on any atom is 0.245 e. The molecule has 8 nitrogen and oxygen atoms in total. The summed E-state index contributed by atoms with van der Waals surface area (Å²) < 4.78 is 0. The van der Waals surface area contributed by atoms with Crippen molar-refractivity contribution in [3.05, 3.63) is 0 Å². The van der Waals surface area contributed by atoms with Crippen molar-refractivity contribution in [2.24, 2.45) is 5.73 Å². The zero-order chi connectivity index (χ0) is 15.2. The van der Waals surface area contributed by atoms with E-state index in [0.29, 0.717) is 0 Å². The number of primary amides is 1. The van der Waals surface area contributed by atoms with Gasteiger partial charge in [-0.25, -0.2) is 0 Å². The highest BCUT2D eigenvalue weighted by atomic mass is 16.2.